The van der Waals surface area contributed by atoms with Gasteiger partial charge in [0, 0.05) is 23.5 Å². The second-order valence-electron chi connectivity index (χ2n) is 6.87. The Labute approximate surface area is 172 Å². The lowest BCUT2D eigenvalue weighted by Gasteiger charge is -2.23. The molecule has 0 bridgehead atoms. The number of benzene rings is 2. The molecule has 1 aromatic heterocycles. The molecule has 0 unspecified atom stereocenters. The summed E-state index contributed by atoms with van der Waals surface area (Å²) in [6.45, 7) is 0. The molecule has 0 spiro atoms. The summed E-state index contributed by atoms with van der Waals surface area (Å²) < 4.78 is 51.0. The molecule has 3 rings (SSSR count). The summed E-state index contributed by atoms with van der Waals surface area (Å²) in [7, 11) is 2.74. The van der Waals surface area contributed by atoms with Crippen molar-refractivity contribution in [2.24, 2.45) is 0 Å². The minimum Gasteiger partial charge on any atom is -0.493 e. The van der Waals surface area contributed by atoms with Crippen LogP contribution in [-0.4, -0.2) is 31.3 Å². The van der Waals surface area contributed by atoms with Gasteiger partial charge in [-0.1, -0.05) is 24.3 Å². The van der Waals surface area contributed by atoms with Gasteiger partial charge in [-0.2, -0.15) is 13.2 Å². The molecular weight excluding hydrogens is 397 g/mol. The second kappa shape index (κ2) is 9.11. The van der Waals surface area contributed by atoms with E-state index in [2.05, 4.69) is 10.3 Å². The highest BCUT2D eigenvalue weighted by atomic mass is 19.4. The summed E-state index contributed by atoms with van der Waals surface area (Å²) in [4.78, 5) is 15.4. The van der Waals surface area contributed by atoms with Gasteiger partial charge < -0.3 is 19.8 Å². The van der Waals surface area contributed by atoms with Crippen LogP contribution in [-0.2, 0) is 11.2 Å². The van der Waals surface area contributed by atoms with Crippen molar-refractivity contribution in [1.29, 1.82) is 0 Å². The SMILES string of the molecule is COc1ccc([C@H](NC(=O)CCCc2c[nH]c3ccccc23)C(F)(F)F)cc1OC. The zero-order valence-corrected chi connectivity index (χ0v) is 16.7. The number of fused-ring (bicyclic) bond motifs is 1. The average molecular weight is 420 g/mol. The molecule has 5 nitrogen and oxygen atoms in total. The van der Waals surface area contributed by atoms with Crippen molar-refractivity contribution in [2.45, 2.75) is 31.5 Å². The molecule has 3 aromatic rings. The highest BCUT2D eigenvalue weighted by Gasteiger charge is 2.42. The fourth-order valence-corrected chi connectivity index (χ4v) is 3.40. The lowest BCUT2D eigenvalue weighted by atomic mass is 10.0. The van der Waals surface area contributed by atoms with Crippen molar-refractivity contribution in [3.8, 4) is 11.5 Å². The third kappa shape index (κ3) is 4.87. The van der Waals surface area contributed by atoms with Crippen LogP contribution in [0.5, 0.6) is 11.5 Å². The third-order valence-corrected chi connectivity index (χ3v) is 4.90. The van der Waals surface area contributed by atoms with Gasteiger partial charge in [-0.05, 0) is 42.2 Å². The molecular formula is C22H23F3N2O3. The first-order valence-corrected chi connectivity index (χ1v) is 9.46. The van der Waals surface area contributed by atoms with Gasteiger partial charge in [0.05, 0.1) is 14.2 Å². The molecule has 0 aliphatic carbocycles. The van der Waals surface area contributed by atoms with Gasteiger partial charge in [0.15, 0.2) is 17.5 Å². The lowest BCUT2D eigenvalue weighted by molar-refractivity contribution is -0.163. The molecule has 1 atom stereocenters. The molecule has 0 saturated heterocycles. The smallest absolute Gasteiger partial charge is 0.412 e. The minimum atomic E-state index is -4.65. The number of aryl methyl sites for hydroxylation is 1. The normalized spacial score (nSPS) is 12.6. The van der Waals surface area contributed by atoms with E-state index in [0.717, 1.165) is 16.5 Å². The van der Waals surface area contributed by atoms with E-state index in [1.165, 1.54) is 32.4 Å². The number of aromatic amines is 1. The number of rotatable bonds is 8. The molecule has 0 fully saturated rings. The summed E-state index contributed by atoms with van der Waals surface area (Å²) in [6.07, 6.45) is -1.77. The van der Waals surface area contributed by atoms with E-state index in [1.54, 1.807) is 0 Å². The first-order valence-electron chi connectivity index (χ1n) is 9.46. The van der Waals surface area contributed by atoms with Crippen molar-refractivity contribution in [2.75, 3.05) is 14.2 Å². The Morgan fingerprint density at radius 1 is 1.10 bits per heavy atom. The Hall–Kier alpha value is -3.16. The van der Waals surface area contributed by atoms with E-state index in [1.807, 2.05) is 30.5 Å². The van der Waals surface area contributed by atoms with Crippen molar-refractivity contribution in [3.05, 3.63) is 59.8 Å². The largest absolute Gasteiger partial charge is 0.493 e. The number of amides is 1. The number of carbonyl (C=O) groups is 1. The summed E-state index contributed by atoms with van der Waals surface area (Å²) in [5, 5.41) is 3.16. The minimum absolute atomic E-state index is 0.0145. The maximum atomic E-state index is 13.6. The first-order chi connectivity index (χ1) is 14.3. The van der Waals surface area contributed by atoms with Crippen LogP contribution >= 0.6 is 0 Å². The standard InChI is InChI=1S/C22H23F3N2O3/c1-29-18-11-10-14(12-19(18)30-2)21(22(23,24)25)27-20(28)9-5-6-15-13-26-17-8-4-3-7-16(15)17/h3-4,7-8,10-13,21,26H,5-6,9H2,1-2H3,(H,27,28)/t21-/m0/s1. The molecule has 1 heterocycles. The summed E-state index contributed by atoms with van der Waals surface area (Å²) in [6, 6.07) is 9.51. The van der Waals surface area contributed by atoms with E-state index in [4.69, 9.17) is 9.47 Å². The van der Waals surface area contributed by atoms with Gasteiger partial charge in [0.2, 0.25) is 5.91 Å². The quantitative estimate of drug-likeness (QED) is 0.543. The van der Waals surface area contributed by atoms with E-state index >= 15 is 0 Å². The van der Waals surface area contributed by atoms with E-state index in [0.29, 0.717) is 18.6 Å². The van der Waals surface area contributed by atoms with Crippen molar-refractivity contribution >= 4 is 16.8 Å². The van der Waals surface area contributed by atoms with Gasteiger partial charge in [-0.3, -0.25) is 4.79 Å². The highest BCUT2D eigenvalue weighted by Crippen LogP contribution is 2.37. The van der Waals surface area contributed by atoms with Crippen LogP contribution < -0.4 is 14.8 Å². The van der Waals surface area contributed by atoms with Crippen LogP contribution in [0.4, 0.5) is 13.2 Å². The van der Waals surface area contributed by atoms with E-state index in [-0.39, 0.29) is 17.7 Å². The van der Waals surface area contributed by atoms with Crippen LogP contribution in [0.15, 0.2) is 48.7 Å². The number of halogens is 3. The molecule has 0 aliphatic heterocycles. The van der Waals surface area contributed by atoms with Crippen LogP contribution in [0.3, 0.4) is 0 Å². The highest BCUT2D eigenvalue weighted by molar-refractivity contribution is 5.83. The predicted molar refractivity (Wildman–Crippen MR) is 108 cm³/mol. The maximum absolute atomic E-state index is 13.6. The Balaban J connectivity index is 1.66. The summed E-state index contributed by atoms with van der Waals surface area (Å²) >= 11 is 0. The van der Waals surface area contributed by atoms with Gasteiger partial charge in [0.1, 0.15) is 0 Å². The number of H-pyrrole nitrogens is 1. The second-order valence-corrected chi connectivity index (χ2v) is 6.87. The number of nitrogens with one attached hydrogen (secondary N) is 2. The van der Waals surface area contributed by atoms with Gasteiger partial charge in [-0.15, -0.1) is 0 Å². The van der Waals surface area contributed by atoms with Crippen molar-refractivity contribution in [1.82, 2.24) is 10.3 Å². The zero-order chi connectivity index (χ0) is 21.7. The van der Waals surface area contributed by atoms with E-state index < -0.39 is 18.1 Å². The van der Waals surface area contributed by atoms with Crippen molar-refractivity contribution < 1.29 is 27.4 Å². The number of carbonyl (C=O) groups excluding carboxylic acids is 1. The predicted octanol–water partition coefficient (Wildman–Crippen LogP) is 4.93. The number of para-hydroxylation sites is 1. The zero-order valence-electron chi connectivity index (χ0n) is 16.7. The summed E-state index contributed by atoms with van der Waals surface area (Å²) in [5.74, 6) is -0.183. The van der Waals surface area contributed by atoms with Gasteiger partial charge in [-0.25, -0.2) is 0 Å². The Kier molecular flexibility index (Phi) is 6.54. The number of hydrogen-bond acceptors (Lipinski definition) is 3. The van der Waals surface area contributed by atoms with Gasteiger partial charge >= 0.3 is 6.18 Å². The van der Waals surface area contributed by atoms with Crippen molar-refractivity contribution in [3.63, 3.8) is 0 Å². The monoisotopic (exact) mass is 420 g/mol. The number of alkyl halides is 3. The number of ether oxygens (including phenoxy) is 2. The molecule has 160 valence electrons. The molecule has 30 heavy (non-hydrogen) atoms. The molecule has 8 heteroatoms. The Morgan fingerprint density at radius 3 is 2.53 bits per heavy atom. The maximum Gasteiger partial charge on any atom is 0.412 e. The number of methoxy groups -OCH3 is 2. The fourth-order valence-electron chi connectivity index (χ4n) is 3.40. The Morgan fingerprint density at radius 2 is 1.83 bits per heavy atom. The van der Waals surface area contributed by atoms with Crippen LogP contribution in [0, 0.1) is 0 Å². The summed E-state index contributed by atoms with van der Waals surface area (Å²) in [5.41, 5.74) is 1.90. The molecule has 1 amide bonds. The van der Waals surface area contributed by atoms with Gasteiger partial charge in [0.25, 0.3) is 0 Å². The fraction of sp³-hybridized carbons (Fsp3) is 0.318. The molecule has 2 aromatic carbocycles. The third-order valence-electron chi connectivity index (χ3n) is 4.90. The molecule has 0 saturated carbocycles. The topological polar surface area (TPSA) is 63.3 Å². The average Bonchev–Trinajstić information content (AvgIpc) is 3.14. The lowest BCUT2D eigenvalue weighted by Crippen LogP contribution is -2.38. The van der Waals surface area contributed by atoms with Crippen LogP contribution in [0.1, 0.15) is 30.0 Å². The Bertz CT molecular complexity index is 1010. The van der Waals surface area contributed by atoms with Crippen LogP contribution in [0.25, 0.3) is 10.9 Å². The number of aromatic nitrogens is 1. The van der Waals surface area contributed by atoms with E-state index in [9.17, 15) is 18.0 Å². The molecule has 2 N–H and O–H groups in total. The molecule has 0 radical (unpaired) electrons. The molecule has 0 aliphatic rings. The number of hydrogen-bond donors (Lipinski definition) is 2. The van der Waals surface area contributed by atoms with Crippen LogP contribution in [0.2, 0.25) is 0 Å². The first kappa shape index (κ1) is 21.5.